The zero-order valence-corrected chi connectivity index (χ0v) is 18.8. The van der Waals surface area contributed by atoms with Crippen molar-refractivity contribution in [1.29, 1.82) is 0 Å². The zero-order chi connectivity index (χ0) is 18.4. The van der Waals surface area contributed by atoms with Gasteiger partial charge in [-0.1, -0.05) is 18.6 Å². The summed E-state index contributed by atoms with van der Waals surface area (Å²) in [6.45, 7) is 4.54. The fraction of sp³-hybridized carbons (Fsp3) is 0.667. The molecule has 4 aliphatic rings. The maximum Gasteiger partial charge on any atom is 0.194 e. The highest BCUT2D eigenvalue weighted by Gasteiger charge is 2.66. The summed E-state index contributed by atoms with van der Waals surface area (Å²) in [7, 11) is 1.90. The second-order valence-corrected chi connectivity index (χ2v) is 8.46. The second kappa shape index (κ2) is 7.89. The van der Waals surface area contributed by atoms with Crippen molar-refractivity contribution in [2.75, 3.05) is 44.7 Å². The Balaban J connectivity index is 0.00000192. The van der Waals surface area contributed by atoms with E-state index >= 15 is 0 Å². The number of halogens is 1. The summed E-state index contributed by atoms with van der Waals surface area (Å²) < 4.78 is 6.05. The van der Waals surface area contributed by atoms with Gasteiger partial charge in [0.1, 0.15) is 5.75 Å². The van der Waals surface area contributed by atoms with Crippen LogP contribution in [0.3, 0.4) is 0 Å². The lowest BCUT2D eigenvalue weighted by Crippen LogP contribution is -2.73. The summed E-state index contributed by atoms with van der Waals surface area (Å²) in [4.78, 5) is 9.24. The van der Waals surface area contributed by atoms with Crippen molar-refractivity contribution in [2.45, 2.75) is 37.8 Å². The summed E-state index contributed by atoms with van der Waals surface area (Å²) in [6.07, 6.45) is 5.60. The zero-order valence-electron chi connectivity index (χ0n) is 16.5. The molecule has 2 aliphatic carbocycles. The monoisotopic (exact) mass is 498 g/mol. The average Bonchev–Trinajstić information content (AvgIpc) is 3.07. The average molecular weight is 498 g/mol. The van der Waals surface area contributed by atoms with Crippen LogP contribution in [-0.2, 0) is 4.74 Å². The molecule has 0 aromatic heterocycles. The van der Waals surface area contributed by atoms with Gasteiger partial charge >= 0.3 is 0 Å². The molecule has 28 heavy (non-hydrogen) atoms. The number of para-hydroxylation sites is 2. The Bertz CT molecular complexity index is 731. The number of benzene rings is 1. The standard InChI is InChI=1S/C21H30N4O2.HI/c1-22-20(23-18-15-7-14-27-19(15)21(18)8-4-9-21)25-12-10-24(11-13-25)16-5-2-3-6-17(16)26;/h2-3,5-6,15,18-19,26H,4,7-14H2,1H3,(H,22,23);1H. The number of anilines is 1. The molecule has 0 bridgehead atoms. The van der Waals surface area contributed by atoms with Gasteiger partial charge in [0.25, 0.3) is 0 Å². The number of guanidine groups is 1. The maximum absolute atomic E-state index is 10.1. The van der Waals surface area contributed by atoms with E-state index in [9.17, 15) is 5.11 Å². The van der Waals surface area contributed by atoms with Crippen LogP contribution < -0.4 is 10.2 Å². The number of hydrogen-bond donors (Lipinski definition) is 2. The SMILES string of the molecule is CN=C(NC1C2CCOC2C12CCC2)N1CCN(c2ccccc2O)CC1.I. The van der Waals surface area contributed by atoms with E-state index in [0.29, 0.717) is 29.2 Å². The van der Waals surface area contributed by atoms with Gasteiger partial charge in [-0.15, -0.1) is 24.0 Å². The maximum atomic E-state index is 10.1. The van der Waals surface area contributed by atoms with Gasteiger partial charge in [-0.3, -0.25) is 4.99 Å². The Kier molecular flexibility index (Phi) is 5.66. The number of fused-ring (bicyclic) bond motifs is 2. The minimum atomic E-state index is 0. The first-order valence-electron chi connectivity index (χ1n) is 10.4. The van der Waals surface area contributed by atoms with Crippen molar-refractivity contribution in [3.63, 3.8) is 0 Å². The van der Waals surface area contributed by atoms with Gasteiger partial charge < -0.3 is 25.0 Å². The van der Waals surface area contributed by atoms with Crippen molar-refractivity contribution in [1.82, 2.24) is 10.2 Å². The van der Waals surface area contributed by atoms with Crippen molar-refractivity contribution in [3.05, 3.63) is 24.3 Å². The minimum Gasteiger partial charge on any atom is -0.506 e. The summed E-state index contributed by atoms with van der Waals surface area (Å²) in [5.41, 5.74) is 1.30. The molecule has 2 saturated carbocycles. The molecule has 7 heteroatoms. The van der Waals surface area contributed by atoms with Crippen molar-refractivity contribution < 1.29 is 9.84 Å². The minimum absolute atomic E-state index is 0. The van der Waals surface area contributed by atoms with Crippen LogP contribution in [0.2, 0.25) is 0 Å². The first kappa shape index (κ1) is 20.1. The molecule has 2 N–H and O–H groups in total. The van der Waals surface area contributed by atoms with E-state index in [1.807, 2.05) is 25.2 Å². The third kappa shape index (κ3) is 3.05. The van der Waals surface area contributed by atoms with Crippen LogP contribution in [0.4, 0.5) is 5.69 Å². The van der Waals surface area contributed by atoms with E-state index in [1.165, 1.54) is 25.7 Å². The Morgan fingerprint density at radius 2 is 1.96 bits per heavy atom. The van der Waals surface area contributed by atoms with Crippen LogP contribution >= 0.6 is 24.0 Å². The Morgan fingerprint density at radius 1 is 1.21 bits per heavy atom. The smallest absolute Gasteiger partial charge is 0.194 e. The summed E-state index contributed by atoms with van der Waals surface area (Å²) in [5, 5.41) is 13.9. The molecule has 0 amide bonds. The van der Waals surface area contributed by atoms with Crippen molar-refractivity contribution in [3.8, 4) is 5.75 Å². The van der Waals surface area contributed by atoms with E-state index in [1.54, 1.807) is 6.07 Å². The van der Waals surface area contributed by atoms with Crippen LogP contribution in [0.5, 0.6) is 5.75 Å². The lowest BCUT2D eigenvalue weighted by Gasteiger charge is -2.63. The molecule has 1 spiro atoms. The fourth-order valence-electron chi connectivity index (χ4n) is 5.78. The molecule has 0 radical (unpaired) electrons. The van der Waals surface area contributed by atoms with Gasteiger partial charge in [-0.2, -0.15) is 0 Å². The van der Waals surface area contributed by atoms with Crippen molar-refractivity contribution >= 4 is 35.6 Å². The first-order chi connectivity index (χ1) is 13.2. The topological polar surface area (TPSA) is 60.3 Å². The quantitative estimate of drug-likeness (QED) is 0.373. The van der Waals surface area contributed by atoms with Gasteiger partial charge in [0.15, 0.2) is 5.96 Å². The highest BCUT2D eigenvalue weighted by molar-refractivity contribution is 14.0. The first-order valence-corrected chi connectivity index (χ1v) is 10.4. The molecule has 2 heterocycles. The molecule has 2 saturated heterocycles. The molecule has 4 fully saturated rings. The highest BCUT2D eigenvalue weighted by atomic mass is 127. The van der Waals surface area contributed by atoms with Gasteiger partial charge in [-0.25, -0.2) is 0 Å². The Morgan fingerprint density at radius 3 is 2.61 bits per heavy atom. The van der Waals surface area contributed by atoms with E-state index in [0.717, 1.165) is 44.4 Å². The Hall–Kier alpha value is -1.22. The predicted molar refractivity (Wildman–Crippen MR) is 122 cm³/mol. The molecule has 1 aromatic carbocycles. The lowest BCUT2D eigenvalue weighted by atomic mass is 9.46. The second-order valence-electron chi connectivity index (χ2n) is 8.46. The van der Waals surface area contributed by atoms with Crippen LogP contribution in [0, 0.1) is 11.3 Å². The number of aliphatic imine (C=N–C) groups is 1. The summed E-state index contributed by atoms with van der Waals surface area (Å²) >= 11 is 0. The summed E-state index contributed by atoms with van der Waals surface area (Å²) in [5.74, 6) is 2.06. The molecule has 3 atom stereocenters. The number of phenols is 1. The number of aromatic hydroxyl groups is 1. The number of hydrogen-bond acceptors (Lipinski definition) is 4. The van der Waals surface area contributed by atoms with Gasteiger partial charge in [0.2, 0.25) is 0 Å². The number of ether oxygens (including phenoxy) is 1. The number of nitrogens with one attached hydrogen (secondary N) is 1. The summed E-state index contributed by atoms with van der Waals surface area (Å²) in [6, 6.07) is 8.13. The van der Waals surface area contributed by atoms with Crippen molar-refractivity contribution in [2.24, 2.45) is 16.3 Å². The fourth-order valence-corrected chi connectivity index (χ4v) is 5.78. The molecule has 2 aliphatic heterocycles. The lowest BCUT2D eigenvalue weighted by molar-refractivity contribution is -0.171. The molecule has 5 rings (SSSR count). The Labute approximate surface area is 184 Å². The highest BCUT2D eigenvalue weighted by Crippen LogP contribution is 2.62. The van der Waals surface area contributed by atoms with Gasteiger partial charge in [-0.05, 0) is 31.4 Å². The molecule has 1 aromatic rings. The third-order valence-electron chi connectivity index (χ3n) is 7.33. The van der Waals surface area contributed by atoms with Crippen LogP contribution in [-0.4, -0.2) is 67.9 Å². The third-order valence-corrected chi connectivity index (χ3v) is 7.33. The number of rotatable bonds is 2. The molecular formula is C21H31IN4O2. The normalized spacial score (nSPS) is 30.9. The molecule has 6 nitrogen and oxygen atoms in total. The number of nitrogens with zero attached hydrogens (tertiary/aromatic N) is 3. The van der Waals surface area contributed by atoms with Gasteiger partial charge in [0, 0.05) is 57.2 Å². The van der Waals surface area contributed by atoms with E-state index in [2.05, 4.69) is 20.1 Å². The largest absolute Gasteiger partial charge is 0.506 e. The molecule has 3 unspecified atom stereocenters. The van der Waals surface area contributed by atoms with E-state index in [-0.39, 0.29) is 24.0 Å². The molecule has 154 valence electrons. The number of piperazine rings is 1. The van der Waals surface area contributed by atoms with Crippen LogP contribution in [0.25, 0.3) is 0 Å². The molecular weight excluding hydrogens is 467 g/mol. The van der Waals surface area contributed by atoms with Gasteiger partial charge in [0.05, 0.1) is 11.8 Å². The van der Waals surface area contributed by atoms with Crippen LogP contribution in [0.15, 0.2) is 29.3 Å². The van der Waals surface area contributed by atoms with E-state index < -0.39 is 0 Å². The predicted octanol–water partition coefficient (Wildman–Crippen LogP) is 2.67. The van der Waals surface area contributed by atoms with Crippen LogP contribution in [0.1, 0.15) is 25.7 Å². The van der Waals surface area contributed by atoms with E-state index in [4.69, 9.17) is 4.74 Å². The number of phenolic OH excluding ortho intramolecular Hbond substituents is 1.